The van der Waals surface area contributed by atoms with Gasteiger partial charge in [-0.15, -0.1) is 0 Å². The summed E-state index contributed by atoms with van der Waals surface area (Å²) >= 11 is 0. The van der Waals surface area contributed by atoms with Crippen LogP contribution in [0.1, 0.15) is 18.4 Å². The summed E-state index contributed by atoms with van der Waals surface area (Å²) in [5, 5.41) is 7.03. The molecule has 0 unspecified atom stereocenters. The fraction of sp³-hybridized carbons (Fsp3) is 0.316. The largest absolute Gasteiger partial charge is 0.352 e. The van der Waals surface area contributed by atoms with Crippen LogP contribution in [0.2, 0.25) is 0 Å². The van der Waals surface area contributed by atoms with E-state index in [0.29, 0.717) is 31.5 Å². The number of amides is 1. The third-order valence-electron chi connectivity index (χ3n) is 4.68. The molecule has 4 rings (SSSR count). The number of pyridine rings is 2. The van der Waals surface area contributed by atoms with Crippen LogP contribution in [-0.2, 0) is 11.3 Å². The van der Waals surface area contributed by atoms with Crippen LogP contribution in [0.25, 0.3) is 11.4 Å². The van der Waals surface area contributed by atoms with E-state index in [1.54, 1.807) is 24.8 Å². The predicted molar refractivity (Wildman–Crippen MR) is 98.5 cm³/mol. The molecule has 0 aliphatic carbocycles. The van der Waals surface area contributed by atoms with Gasteiger partial charge in [-0.25, -0.2) is 0 Å². The number of aromatic nitrogens is 4. The van der Waals surface area contributed by atoms with Crippen LogP contribution in [-0.4, -0.2) is 39.1 Å². The molecule has 8 nitrogen and oxygen atoms in total. The molecule has 0 bridgehead atoms. The Kier molecular flexibility index (Phi) is 5.04. The van der Waals surface area contributed by atoms with Crippen LogP contribution in [0.15, 0.2) is 53.6 Å². The van der Waals surface area contributed by atoms with Gasteiger partial charge in [-0.1, -0.05) is 11.2 Å². The van der Waals surface area contributed by atoms with Crippen molar-refractivity contribution in [1.82, 2.24) is 25.4 Å². The first kappa shape index (κ1) is 17.1. The van der Waals surface area contributed by atoms with Gasteiger partial charge < -0.3 is 14.7 Å². The highest BCUT2D eigenvalue weighted by Crippen LogP contribution is 2.24. The van der Waals surface area contributed by atoms with E-state index in [-0.39, 0.29) is 11.8 Å². The molecule has 138 valence electrons. The summed E-state index contributed by atoms with van der Waals surface area (Å²) in [6, 6.07) is 7.99. The standard InChI is InChI=1S/C19H20N6O2/c26-18(22-13-14-2-1-7-21-12-14)16-5-10-25(11-6-16)19-23-17(24-27-19)15-3-8-20-9-4-15/h1-4,7-9,12,16H,5-6,10-11,13H2,(H,22,26). The van der Waals surface area contributed by atoms with E-state index in [1.165, 1.54) is 0 Å². The molecule has 1 N–H and O–H groups in total. The van der Waals surface area contributed by atoms with E-state index in [4.69, 9.17) is 4.52 Å². The summed E-state index contributed by atoms with van der Waals surface area (Å²) in [6.45, 7) is 1.93. The molecule has 0 atom stereocenters. The third-order valence-corrected chi connectivity index (χ3v) is 4.68. The Bertz CT molecular complexity index is 875. The van der Waals surface area contributed by atoms with Crippen LogP contribution in [0.5, 0.6) is 0 Å². The summed E-state index contributed by atoms with van der Waals surface area (Å²) in [5.41, 5.74) is 1.86. The topological polar surface area (TPSA) is 97.0 Å². The van der Waals surface area contributed by atoms with Gasteiger partial charge in [0.15, 0.2) is 0 Å². The molecule has 0 saturated carbocycles. The lowest BCUT2D eigenvalue weighted by molar-refractivity contribution is -0.125. The zero-order chi connectivity index (χ0) is 18.5. The molecule has 1 saturated heterocycles. The van der Waals surface area contributed by atoms with Crippen molar-refractivity contribution in [3.05, 3.63) is 54.6 Å². The van der Waals surface area contributed by atoms with E-state index in [0.717, 1.165) is 24.0 Å². The van der Waals surface area contributed by atoms with Crippen molar-refractivity contribution in [2.45, 2.75) is 19.4 Å². The summed E-state index contributed by atoms with van der Waals surface area (Å²) < 4.78 is 5.40. The Morgan fingerprint density at radius 2 is 1.96 bits per heavy atom. The quantitative estimate of drug-likeness (QED) is 0.740. The van der Waals surface area contributed by atoms with Crippen LogP contribution in [0.4, 0.5) is 6.01 Å². The van der Waals surface area contributed by atoms with Crippen molar-refractivity contribution in [1.29, 1.82) is 0 Å². The summed E-state index contributed by atoms with van der Waals surface area (Å²) in [5.74, 6) is 0.630. The number of hydrogen-bond acceptors (Lipinski definition) is 7. The lowest BCUT2D eigenvalue weighted by Gasteiger charge is -2.29. The fourth-order valence-corrected chi connectivity index (χ4v) is 3.13. The highest BCUT2D eigenvalue weighted by Gasteiger charge is 2.27. The first-order chi connectivity index (χ1) is 13.3. The second kappa shape index (κ2) is 7.94. The first-order valence-electron chi connectivity index (χ1n) is 8.95. The van der Waals surface area contributed by atoms with Crippen LogP contribution < -0.4 is 10.2 Å². The van der Waals surface area contributed by atoms with Gasteiger partial charge in [0.2, 0.25) is 11.7 Å². The minimum atomic E-state index is 0.000473. The van der Waals surface area contributed by atoms with Crippen molar-refractivity contribution in [2.75, 3.05) is 18.0 Å². The predicted octanol–water partition coefficient (Wildman–Crippen LogP) is 2.06. The molecule has 0 radical (unpaired) electrons. The van der Waals surface area contributed by atoms with E-state index < -0.39 is 0 Å². The van der Waals surface area contributed by atoms with Crippen molar-refractivity contribution in [3.8, 4) is 11.4 Å². The molecule has 8 heteroatoms. The molecule has 27 heavy (non-hydrogen) atoms. The van der Waals surface area contributed by atoms with Gasteiger partial charge in [0.1, 0.15) is 0 Å². The Labute approximate surface area is 156 Å². The Morgan fingerprint density at radius 3 is 2.70 bits per heavy atom. The number of carbonyl (C=O) groups excluding carboxylic acids is 1. The maximum atomic E-state index is 12.4. The van der Waals surface area contributed by atoms with Crippen molar-refractivity contribution < 1.29 is 9.32 Å². The third kappa shape index (κ3) is 4.11. The van der Waals surface area contributed by atoms with E-state index >= 15 is 0 Å². The number of nitrogens with zero attached hydrogens (tertiary/aromatic N) is 5. The van der Waals surface area contributed by atoms with Crippen LogP contribution in [0.3, 0.4) is 0 Å². The fourth-order valence-electron chi connectivity index (χ4n) is 3.13. The molecule has 3 aromatic rings. The molecule has 4 heterocycles. The first-order valence-corrected chi connectivity index (χ1v) is 8.95. The second-order valence-corrected chi connectivity index (χ2v) is 6.48. The Hall–Kier alpha value is -3.29. The van der Waals surface area contributed by atoms with E-state index in [2.05, 4.69) is 25.4 Å². The highest BCUT2D eigenvalue weighted by atomic mass is 16.5. The molecule has 3 aromatic heterocycles. The number of anilines is 1. The maximum absolute atomic E-state index is 12.4. The zero-order valence-electron chi connectivity index (χ0n) is 14.8. The average Bonchev–Trinajstić information content (AvgIpc) is 3.24. The molecule has 0 aromatic carbocycles. The molecule has 0 spiro atoms. The number of piperidine rings is 1. The van der Waals surface area contributed by atoms with Gasteiger partial charge in [0.25, 0.3) is 0 Å². The van der Waals surface area contributed by atoms with E-state index in [1.807, 2.05) is 29.2 Å². The van der Waals surface area contributed by atoms with Crippen molar-refractivity contribution in [3.63, 3.8) is 0 Å². The molecule has 1 aliphatic rings. The number of hydrogen-bond donors (Lipinski definition) is 1. The van der Waals surface area contributed by atoms with Crippen LogP contribution >= 0.6 is 0 Å². The minimum absolute atomic E-state index is 0.000473. The van der Waals surface area contributed by atoms with Gasteiger partial charge in [0, 0.05) is 55.9 Å². The van der Waals surface area contributed by atoms with Gasteiger partial charge >= 0.3 is 6.01 Å². The SMILES string of the molecule is O=C(NCc1cccnc1)C1CCN(c2nc(-c3ccncc3)no2)CC1. The summed E-state index contributed by atoms with van der Waals surface area (Å²) in [6.07, 6.45) is 8.39. The smallest absolute Gasteiger partial charge is 0.324 e. The Balaban J connectivity index is 1.30. The lowest BCUT2D eigenvalue weighted by atomic mass is 9.96. The van der Waals surface area contributed by atoms with E-state index in [9.17, 15) is 4.79 Å². The second-order valence-electron chi connectivity index (χ2n) is 6.48. The molecular weight excluding hydrogens is 344 g/mol. The van der Waals surface area contributed by atoms with Gasteiger partial charge in [-0.2, -0.15) is 4.98 Å². The normalized spacial score (nSPS) is 14.9. The maximum Gasteiger partial charge on any atom is 0.324 e. The number of nitrogens with one attached hydrogen (secondary N) is 1. The monoisotopic (exact) mass is 364 g/mol. The summed E-state index contributed by atoms with van der Waals surface area (Å²) in [7, 11) is 0. The molecule has 1 fully saturated rings. The Morgan fingerprint density at radius 1 is 1.15 bits per heavy atom. The molecule has 1 amide bonds. The zero-order valence-corrected chi connectivity index (χ0v) is 14.8. The highest BCUT2D eigenvalue weighted by molar-refractivity contribution is 5.78. The van der Waals surface area contributed by atoms with Gasteiger partial charge in [0.05, 0.1) is 0 Å². The number of carbonyl (C=O) groups is 1. The van der Waals surface area contributed by atoms with Crippen LogP contribution in [0, 0.1) is 5.92 Å². The summed E-state index contributed by atoms with van der Waals surface area (Å²) in [4.78, 5) is 26.9. The molecule has 1 aliphatic heterocycles. The van der Waals surface area contributed by atoms with Crippen molar-refractivity contribution >= 4 is 11.9 Å². The van der Waals surface area contributed by atoms with Gasteiger partial charge in [-0.05, 0) is 36.6 Å². The average molecular weight is 364 g/mol. The van der Waals surface area contributed by atoms with Gasteiger partial charge in [-0.3, -0.25) is 14.8 Å². The van der Waals surface area contributed by atoms with Crippen molar-refractivity contribution in [2.24, 2.45) is 5.92 Å². The molecular formula is C19H20N6O2. The number of rotatable bonds is 5. The minimum Gasteiger partial charge on any atom is -0.352 e. The lowest BCUT2D eigenvalue weighted by Crippen LogP contribution is -2.40.